The van der Waals surface area contributed by atoms with Gasteiger partial charge in [0.2, 0.25) is 0 Å². The topological polar surface area (TPSA) is 20.3 Å². The largest absolute Gasteiger partial charge is 0.334 e. The molecule has 2 nitrogen and oxygen atoms in total. The van der Waals surface area contributed by atoms with E-state index < -0.39 is 0 Å². The molecule has 0 aromatic heterocycles. The highest BCUT2D eigenvalue weighted by Gasteiger charge is 2.20. The fourth-order valence-corrected chi connectivity index (χ4v) is 2.33. The van der Waals surface area contributed by atoms with Gasteiger partial charge in [-0.2, -0.15) is 0 Å². The van der Waals surface area contributed by atoms with Crippen LogP contribution in [0.15, 0.2) is 34.3 Å². The van der Waals surface area contributed by atoms with Gasteiger partial charge in [-0.3, -0.25) is 4.79 Å². The molecule has 0 radical (unpaired) electrons. The summed E-state index contributed by atoms with van der Waals surface area (Å²) in [6.07, 6.45) is 2.99. The van der Waals surface area contributed by atoms with E-state index in [1.807, 2.05) is 6.92 Å². The van der Waals surface area contributed by atoms with Gasteiger partial charge < -0.3 is 4.90 Å². The Bertz CT molecular complexity index is 484. The van der Waals surface area contributed by atoms with Crippen molar-refractivity contribution in [3.63, 3.8) is 0 Å². The first-order valence-corrected chi connectivity index (χ1v) is 6.27. The second-order valence-corrected chi connectivity index (χ2v) is 5.04. The van der Waals surface area contributed by atoms with Crippen molar-refractivity contribution >= 4 is 21.8 Å². The van der Waals surface area contributed by atoms with E-state index in [2.05, 4.69) is 22.0 Å². The molecule has 0 unspecified atom stereocenters. The zero-order valence-electron chi connectivity index (χ0n) is 9.54. The van der Waals surface area contributed by atoms with E-state index >= 15 is 0 Å². The zero-order chi connectivity index (χ0) is 12.4. The highest BCUT2D eigenvalue weighted by atomic mass is 79.9. The van der Waals surface area contributed by atoms with Crippen LogP contribution in [-0.2, 0) is 0 Å². The van der Waals surface area contributed by atoms with Crippen molar-refractivity contribution in [1.29, 1.82) is 0 Å². The van der Waals surface area contributed by atoms with Crippen molar-refractivity contribution in [3.05, 3.63) is 45.7 Å². The predicted octanol–water partition coefficient (Wildman–Crippen LogP) is 3.38. The van der Waals surface area contributed by atoms with E-state index in [9.17, 15) is 9.18 Å². The number of halogens is 2. The van der Waals surface area contributed by atoms with Gasteiger partial charge >= 0.3 is 0 Å². The van der Waals surface area contributed by atoms with Crippen LogP contribution in [0.25, 0.3) is 0 Å². The van der Waals surface area contributed by atoms with Gasteiger partial charge in [0, 0.05) is 17.6 Å². The van der Waals surface area contributed by atoms with E-state index in [0.717, 1.165) is 6.42 Å². The van der Waals surface area contributed by atoms with Crippen LogP contribution in [0.1, 0.15) is 23.7 Å². The average Bonchev–Trinajstić information content (AvgIpc) is 2.31. The maximum absolute atomic E-state index is 13.1. The number of hydrogen-bond acceptors (Lipinski definition) is 1. The molecule has 1 aliphatic rings. The van der Waals surface area contributed by atoms with E-state index in [1.165, 1.54) is 17.7 Å². The summed E-state index contributed by atoms with van der Waals surface area (Å²) < 4.78 is 13.8. The normalized spacial score (nSPS) is 15.7. The fourth-order valence-electron chi connectivity index (χ4n) is 1.92. The van der Waals surface area contributed by atoms with E-state index in [-0.39, 0.29) is 11.7 Å². The van der Waals surface area contributed by atoms with Crippen LogP contribution in [0.5, 0.6) is 0 Å². The fraction of sp³-hybridized carbons (Fsp3) is 0.308. The van der Waals surface area contributed by atoms with E-state index in [4.69, 9.17) is 0 Å². The van der Waals surface area contributed by atoms with Gasteiger partial charge in [0.1, 0.15) is 5.82 Å². The molecule has 0 atom stereocenters. The van der Waals surface area contributed by atoms with Gasteiger partial charge in [0.05, 0.1) is 5.56 Å². The van der Waals surface area contributed by atoms with Gasteiger partial charge in [-0.05, 0) is 47.5 Å². The molecular weight excluding hydrogens is 285 g/mol. The number of carbonyl (C=O) groups excluding carboxylic acids is 1. The summed E-state index contributed by atoms with van der Waals surface area (Å²) in [7, 11) is 0. The predicted molar refractivity (Wildman–Crippen MR) is 68.4 cm³/mol. The van der Waals surface area contributed by atoms with Crippen LogP contribution in [0.3, 0.4) is 0 Å². The first-order valence-electron chi connectivity index (χ1n) is 5.48. The summed E-state index contributed by atoms with van der Waals surface area (Å²) in [6, 6.07) is 4.18. The first kappa shape index (κ1) is 12.3. The molecule has 1 aliphatic heterocycles. The van der Waals surface area contributed by atoms with Gasteiger partial charge in [-0.25, -0.2) is 4.39 Å². The lowest BCUT2D eigenvalue weighted by Crippen LogP contribution is -2.35. The van der Waals surface area contributed by atoms with Crippen molar-refractivity contribution in [2.45, 2.75) is 13.3 Å². The minimum Gasteiger partial charge on any atom is -0.334 e. The minimum atomic E-state index is -0.388. The Balaban J connectivity index is 2.25. The second kappa shape index (κ2) is 5.00. The third kappa shape index (κ3) is 2.75. The quantitative estimate of drug-likeness (QED) is 0.728. The van der Waals surface area contributed by atoms with Gasteiger partial charge in [0.25, 0.3) is 5.91 Å². The molecule has 17 heavy (non-hydrogen) atoms. The number of rotatable bonds is 1. The lowest BCUT2D eigenvalue weighted by Gasteiger charge is -2.26. The molecule has 4 heteroatoms. The smallest absolute Gasteiger partial charge is 0.255 e. The summed E-state index contributed by atoms with van der Waals surface area (Å²) >= 11 is 3.28. The van der Waals surface area contributed by atoms with Gasteiger partial charge in [0.15, 0.2) is 0 Å². The molecule has 0 fully saturated rings. The van der Waals surface area contributed by atoms with E-state index in [1.54, 1.807) is 11.0 Å². The maximum atomic E-state index is 13.1. The number of nitrogens with zero attached hydrogens (tertiary/aromatic N) is 1. The maximum Gasteiger partial charge on any atom is 0.255 e. The van der Waals surface area contributed by atoms with E-state index in [0.29, 0.717) is 23.1 Å². The van der Waals surface area contributed by atoms with Crippen molar-refractivity contribution in [2.75, 3.05) is 13.1 Å². The SMILES string of the molecule is CC1=CCCN(C(=O)c2cc(F)ccc2Br)C1. The summed E-state index contributed by atoms with van der Waals surface area (Å²) in [5, 5.41) is 0. The molecule has 2 rings (SSSR count). The van der Waals surface area contributed by atoms with Gasteiger partial charge in [-0.1, -0.05) is 11.6 Å². The highest BCUT2D eigenvalue weighted by molar-refractivity contribution is 9.10. The summed E-state index contributed by atoms with van der Waals surface area (Å²) in [6.45, 7) is 3.32. The molecule has 90 valence electrons. The van der Waals surface area contributed by atoms with Crippen molar-refractivity contribution in [1.82, 2.24) is 4.90 Å². The Morgan fingerprint density at radius 2 is 2.24 bits per heavy atom. The molecule has 0 bridgehead atoms. The Kier molecular flexibility index (Phi) is 3.62. The van der Waals surface area contributed by atoms with Crippen molar-refractivity contribution in [2.24, 2.45) is 0 Å². The van der Waals surface area contributed by atoms with Crippen molar-refractivity contribution in [3.8, 4) is 0 Å². The molecular formula is C13H13BrFNO. The van der Waals surface area contributed by atoms with Crippen LogP contribution in [0.2, 0.25) is 0 Å². The Labute approximate surface area is 108 Å². The van der Waals surface area contributed by atoms with Crippen LogP contribution in [0.4, 0.5) is 4.39 Å². The first-order chi connectivity index (χ1) is 8.08. The third-order valence-corrected chi connectivity index (χ3v) is 3.47. The monoisotopic (exact) mass is 297 g/mol. The molecule has 1 aromatic rings. The summed E-state index contributed by atoms with van der Waals surface area (Å²) in [5.74, 6) is -0.510. The molecule has 1 heterocycles. The molecule has 0 saturated heterocycles. The Morgan fingerprint density at radius 3 is 2.94 bits per heavy atom. The summed E-state index contributed by atoms with van der Waals surface area (Å²) in [4.78, 5) is 14.0. The average molecular weight is 298 g/mol. The molecule has 1 amide bonds. The number of amides is 1. The number of carbonyl (C=O) groups is 1. The highest BCUT2D eigenvalue weighted by Crippen LogP contribution is 2.21. The minimum absolute atomic E-state index is 0.121. The number of hydrogen-bond donors (Lipinski definition) is 0. The lowest BCUT2D eigenvalue weighted by atomic mass is 10.1. The zero-order valence-corrected chi connectivity index (χ0v) is 11.1. The van der Waals surface area contributed by atoms with Gasteiger partial charge in [-0.15, -0.1) is 0 Å². The molecule has 0 spiro atoms. The number of benzene rings is 1. The molecule has 0 aliphatic carbocycles. The molecule has 0 N–H and O–H groups in total. The van der Waals surface area contributed by atoms with Crippen LogP contribution in [0, 0.1) is 5.82 Å². The summed E-state index contributed by atoms with van der Waals surface area (Å²) in [5.41, 5.74) is 1.57. The second-order valence-electron chi connectivity index (χ2n) is 4.19. The third-order valence-electron chi connectivity index (χ3n) is 2.78. The van der Waals surface area contributed by atoms with Crippen molar-refractivity contribution < 1.29 is 9.18 Å². The molecule has 0 saturated carbocycles. The van der Waals surface area contributed by atoms with Crippen LogP contribution >= 0.6 is 15.9 Å². The lowest BCUT2D eigenvalue weighted by molar-refractivity contribution is 0.0764. The van der Waals surface area contributed by atoms with Crippen LogP contribution in [-0.4, -0.2) is 23.9 Å². The van der Waals surface area contributed by atoms with Crippen LogP contribution < -0.4 is 0 Å². The standard InChI is InChI=1S/C13H13BrFNO/c1-9-3-2-6-16(8-9)13(17)11-7-10(15)4-5-12(11)14/h3-5,7H,2,6,8H2,1H3. The Hall–Kier alpha value is -1.16. The molecule has 1 aromatic carbocycles. The Morgan fingerprint density at radius 1 is 1.47 bits per heavy atom.